The van der Waals surface area contributed by atoms with E-state index >= 15 is 0 Å². The molecule has 40 heavy (non-hydrogen) atoms. The van der Waals surface area contributed by atoms with Crippen molar-refractivity contribution in [1.29, 1.82) is 0 Å². The Balaban J connectivity index is 0.00000370. The highest BCUT2D eigenvalue weighted by molar-refractivity contribution is 7.89. The molecule has 2 aromatic carbocycles. The number of rotatable bonds is 8. The Kier molecular flexibility index (Phi) is 9.75. The van der Waals surface area contributed by atoms with E-state index in [4.69, 9.17) is 10.5 Å². The molecule has 216 valence electrons. The number of sulfonamides is 1. The van der Waals surface area contributed by atoms with Gasteiger partial charge in [-0.05, 0) is 42.7 Å². The number of nitrogen functional groups attached to an aromatic ring is 1. The standard InChI is InChI=1S/C26H29F2N5O4S2.ClH/c27-20-2-1-3-21(28)22(20)23(34)24-25(29)31-26(38-24)30-18-8-10-33(11-9-18)39(35,36)19-6-4-17(5-7-19)16-32-12-14-37-15-13-32;/h1-7,18H,8-16,29H2,(H,30,31);1H. The number of carbonyl (C=O) groups excluding carboxylic acids is 1. The monoisotopic (exact) mass is 613 g/mol. The van der Waals surface area contributed by atoms with Gasteiger partial charge in [-0.1, -0.05) is 29.5 Å². The van der Waals surface area contributed by atoms with Crippen molar-refractivity contribution in [2.75, 3.05) is 50.4 Å². The molecule has 2 aliphatic rings. The first-order valence-corrected chi connectivity index (χ1v) is 14.9. The van der Waals surface area contributed by atoms with E-state index in [1.165, 1.54) is 10.4 Å². The largest absolute Gasteiger partial charge is 0.382 e. The van der Waals surface area contributed by atoms with Gasteiger partial charge in [0, 0.05) is 38.8 Å². The van der Waals surface area contributed by atoms with E-state index < -0.39 is 33.0 Å². The molecule has 1 aromatic heterocycles. The number of morpholine rings is 1. The van der Waals surface area contributed by atoms with Crippen molar-refractivity contribution in [2.45, 2.75) is 30.3 Å². The second-order valence-electron chi connectivity index (χ2n) is 9.51. The van der Waals surface area contributed by atoms with Crippen LogP contribution in [-0.4, -0.2) is 73.8 Å². The molecule has 9 nitrogen and oxygen atoms in total. The fourth-order valence-electron chi connectivity index (χ4n) is 4.73. The van der Waals surface area contributed by atoms with Crippen molar-refractivity contribution < 1.29 is 26.7 Å². The number of ketones is 1. The topological polar surface area (TPSA) is 118 Å². The van der Waals surface area contributed by atoms with Gasteiger partial charge in [-0.15, -0.1) is 12.4 Å². The second-order valence-corrected chi connectivity index (χ2v) is 12.5. The van der Waals surface area contributed by atoms with Crippen molar-refractivity contribution in [1.82, 2.24) is 14.2 Å². The minimum atomic E-state index is -3.64. The number of nitrogens with zero attached hydrogens (tertiary/aromatic N) is 3. The SMILES string of the molecule is Cl.Nc1nc(NC2CCN(S(=O)(=O)c3ccc(CN4CCOCC4)cc3)CC2)sc1C(=O)c1c(F)cccc1F. The van der Waals surface area contributed by atoms with E-state index in [0.717, 1.165) is 48.7 Å². The smallest absolute Gasteiger partial charge is 0.243 e. The lowest BCUT2D eigenvalue weighted by Gasteiger charge is -2.31. The number of anilines is 2. The lowest BCUT2D eigenvalue weighted by molar-refractivity contribution is 0.0342. The number of piperidine rings is 1. The molecule has 0 atom stereocenters. The van der Waals surface area contributed by atoms with Gasteiger partial charge in [-0.2, -0.15) is 4.31 Å². The molecular formula is C26H30ClF2N5O4S2. The van der Waals surface area contributed by atoms with E-state index in [1.807, 2.05) is 12.1 Å². The first kappa shape index (κ1) is 30.3. The minimum Gasteiger partial charge on any atom is -0.382 e. The molecule has 3 heterocycles. The zero-order valence-corrected chi connectivity index (χ0v) is 24.0. The summed E-state index contributed by atoms with van der Waals surface area (Å²) >= 11 is 0.918. The Morgan fingerprint density at radius 2 is 1.68 bits per heavy atom. The van der Waals surface area contributed by atoms with Gasteiger partial charge in [0.05, 0.1) is 23.7 Å². The van der Waals surface area contributed by atoms with Crippen LogP contribution >= 0.6 is 23.7 Å². The predicted octanol–water partition coefficient (Wildman–Crippen LogP) is 3.75. The number of aromatic nitrogens is 1. The first-order valence-electron chi connectivity index (χ1n) is 12.6. The number of hydrogen-bond acceptors (Lipinski definition) is 9. The van der Waals surface area contributed by atoms with Crippen LogP contribution in [0, 0.1) is 11.6 Å². The third-order valence-corrected chi connectivity index (χ3v) is 9.82. The molecule has 0 radical (unpaired) electrons. The predicted molar refractivity (Wildman–Crippen MR) is 152 cm³/mol. The van der Waals surface area contributed by atoms with E-state index in [0.29, 0.717) is 44.3 Å². The minimum absolute atomic E-state index is 0. The Bertz CT molecular complexity index is 1420. The highest BCUT2D eigenvalue weighted by Gasteiger charge is 2.30. The van der Waals surface area contributed by atoms with Crippen LogP contribution in [0.3, 0.4) is 0 Å². The van der Waals surface area contributed by atoms with Gasteiger partial charge in [0.25, 0.3) is 0 Å². The van der Waals surface area contributed by atoms with Crippen molar-refractivity contribution in [3.8, 4) is 0 Å². The molecule has 0 unspecified atom stereocenters. The van der Waals surface area contributed by atoms with Gasteiger partial charge in [-0.25, -0.2) is 22.2 Å². The van der Waals surface area contributed by atoms with Crippen molar-refractivity contribution in [3.05, 3.63) is 70.1 Å². The average Bonchev–Trinajstić information content (AvgIpc) is 3.29. The molecule has 0 aliphatic carbocycles. The highest BCUT2D eigenvalue weighted by Crippen LogP contribution is 2.31. The summed E-state index contributed by atoms with van der Waals surface area (Å²) < 4.78 is 61.4. The van der Waals surface area contributed by atoms with Crippen LogP contribution in [0.1, 0.15) is 33.6 Å². The third-order valence-electron chi connectivity index (χ3n) is 6.90. The number of thiazole rings is 1. The molecule has 2 saturated heterocycles. The fraction of sp³-hybridized carbons (Fsp3) is 0.385. The van der Waals surface area contributed by atoms with Crippen LogP contribution in [0.2, 0.25) is 0 Å². The van der Waals surface area contributed by atoms with Crippen LogP contribution in [0.5, 0.6) is 0 Å². The molecule has 14 heteroatoms. The lowest BCUT2D eigenvalue weighted by Crippen LogP contribution is -2.42. The summed E-state index contributed by atoms with van der Waals surface area (Å²) in [4.78, 5) is 19.4. The van der Waals surface area contributed by atoms with Crippen LogP contribution in [0.25, 0.3) is 0 Å². The Morgan fingerprint density at radius 1 is 1.05 bits per heavy atom. The first-order chi connectivity index (χ1) is 18.7. The number of halogens is 3. The zero-order valence-electron chi connectivity index (χ0n) is 21.5. The summed E-state index contributed by atoms with van der Waals surface area (Å²) in [5, 5.41) is 3.53. The third kappa shape index (κ3) is 6.61. The number of hydrogen-bond donors (Lipinski definition) is 2. The quantitative estimate of drug-likeness (QED) is 0.369. The molecule has 2 fully saturated rings. The van der Waals surface area contributed by atoms with E-state index in [2.05, 4.69) is 15.2 Å². The normalized spacial score (nSPS) is 17.4. The maximum atomic E-state index is 14.1. The number of benzene rings is 2. The van der Waals surface area contributed by atoms with E-state index in [-0.39, 0.29) is 34.0 Å². The van der Waals surface area contributed by atoms with Crippen LogP contribution < -0.4 is 11.1 Å². The van der Waals surface area contributed by atoms with Crippen LogP contribution in [-0.2, 0) is 21.3 Å². The van der Waals surface area contributed by atoms with Gasteiger partial charge < -0.3 is 15.8 Å². The van der Waals surface area contributed by atoms with Gasteiger partial charge >= 0.3 is 0 Å². The number of ether oxygens (including phenoxy) is 1. The molecule has 0 amide bonds. The Labute approximate surface area is 241 Å². The van der Waals surface area contributed by atoms with Gasteiger partial charge in [0.2, 0.25) is 15.8 Å². The van der Waals surface area contributed by atoms with Gasteiger partial charge in [0.15, 0.2) is 5.13 Å². The van der Waals surface area contributed by atoms with Crippen LogP contribution in [0.15, 0.2) is 47.4 Å². The number of carbonyl (C=O) groups is 1. The maximum Gasteiger partial charge on any atom is 0.243 e. The summed E-state index contributed by atoms with van der Waals surface area (Å²) in [6.45, 7) is 4.51. The van der Waals surface area contributed by atoms with E-state index in [9.17, 15) is 22.0 Å². The van der Waals surface area contributed by atoms with Gasteiger partial charge in [-0.3, -0.25) is 9.69 Å². The number of nitrogens with two attached hydrogens (primary N) is 1. The Hall–Kier alpha value is -2.68. The molecule has 0 saturated carbocycles. The molecule has 5 rings (SSSR count). The fourth-order valence-corrected chi connectivity index (χ4v) is 7.11. The highest BCUT2D eigenvalue weighted by atomic mass is 35.5. The van der Waals surface area contributed by atoms with Crippen molar-refractivity contribution in [2.24, 2.45) is 0 Å². The lowest BCUT2D eigenvalue weighted by atomic mass is 10.1. The molecular weight excluding hydrogens is 584 g/mol. The molecule has 2 aliphatic heterocycles. The summed E-state index contributed by atoms with van der Waals surface area (Å²) in [7, 11) is -3.64. The molecule has 0 bridgehead atoms. The van der Waals surface area contributed by atoms with Crippen molar-refractivity contribution in [3.63, 3.8) is 0 Å². The van der Waals surface area contributed by atoms with Crippen LogP contribution in [0.4, 0.5) is 19.7 Å². The summed E-state index contributed by atoms with van der Waals surface area (Å²) in [5.74, 6) is -2.93. The second kappa shape index (κ2) is 12.9. The molecule has 3 aromatic rings. The molecule has 3 N–H and O–H groups in total. The summed E-state index contributed by atoms with van der Waals surface area (Å²) in [6.07, 6.45) is 1.03. The summed E-state index contributed by atoms with van der Waals surface area (Å²) in [5.41, 5.74) is 6.27. The van der Waals surface area contributed by atoms with Gasteiger partial charge in [0.1, 0.15) is 22.3 Å². The Morgan fingerprint density at radius 3 is 2.30 bits per heavy atom. The van der Waals surface area contributed by atoms with E-state index in [1.54, 1.807) is 12.1 Å². The van der Waals surface area contributed by atoms with Crippen molar-refractivity contribution >= 4 is 50.5 Å². The zero-order chi connectivity index (χ0) is 27.6. The average molecular weight is 614 g/mol. The summed E-state index contributed by atoms with van der Waals surface area (Å²) in [6, 6.07) is 10.1. The number of nitrogens with one attached hydrogen (secondary N) is 1. The molecule has 0 spiro atoms. The maximum absolute atomic E-state index is 14.1.